The van der Waals surface area contributed by atoms with E-state index in [1.165, 1.54) is 0 Å². The summed E-state index contributed by atoms with van der Waals surface area (Å²) in [6, 6.07) is 0.325. The SMILES string of the molecule is CCNC(=O)CC1(C(O)OCC)CCCN(C2CCN(C(=O)OC(C)(C)C)CC2)C1. The van der Waals surface area contributed by atoms with Gasteiger partial charge >= 0.3 is 6.09 Å². The molecule has 2 N–H and O–H groups in total. The van der Waals surface area contributed by atoms with E-state index in [0.717, 1.165) is 32.2 Å². The van der Waals surface area contributed by atoms with Crippen molar-refractivity contribution in [3.8, 4) is 0 Å². The number of aliphatic hydroxyl groups is 1. The van der Waals surface area contributed by atoms with Crippen molar-refractivity contribution < 1.29 is 24.2 Å². The number of hydrogen-bond donors (Lipinski definition) is 2. The smallest absolute Gasteiger partial charge is 0.410 e. The molecule has 0 aromatic heterocycles. The van der Waals surface area contributed by atoms with Crippen molar-refractivity contribution in [1.82, 2.24) is 15.1 Å². The van der Waals surface area contributed by atoms with Gasteiger partial charge in [-0.3, -0.25) is 9.69 Å². The summed E-state index contributed by atoms with van der Waals surface area (Å²) in [7, 11) is 0. The molecule has 174 valence electrons. The third kappa shape index (κ3) is 6.82. The Bertz CT molecular complexity index is 572. The van der Waals surface area contributed by atoms with Crippen molar-refractivity contribution in [2.75, 3.05) is 39.3 Å². The molecule has 0 saturated carbocycles. The van der Waals surface area contributed by atoms with E-state index >= 15 is 0 Å². The highest BCUT2D eigenvalue weighted by molar-refractivity contribution is 5.76. The molecule has 8 nitrogen and oxygen atoms in total. The number of nitrogens with one attached hydrogen (secondary N) is 1. The average molecular weight is 428 g/mol. The summed E-state index contributed by atoms with van der Waals surface area (Å²) >= 11 is 0. The van der Waals surface area contributed by atoms with Gasteiger partial charge in [-0.05, 0) is 66.8 Å². The summed E-state index contributed by atoms with van der Waals surface area (Å²) in [5.74, 6) is -0.0437. The number of carbonyl (C=O) groups is 2. The fraction of sp³-hybridized carbons (Fsp3) is 0.909. The van der Waals surface area contributed by atoms with Crippen LogP contribution in [0.1, 0.15) is 66.7 Å². The lowest BCUT2D eigenvalue weighted by Gasteiger charge is -2.48. The van der Waals surface area contributed by atoms with Gasteiger partial charge in [0.15, 0.2) is 6.29 Å². The molecule has 2 heterocycles. The summed E-state index contributed by atoms with van der Waals surface area (Å²) in [5.41, 5.74) is -1.09. The molecule has 8 heteroatoms. The van der Waals surface area contributed by atoms with E-state index < -0.39 is 17.3 Å². The predicted molar refractivity (Wildman–Crippen MR) is 115 cm³/mol. The Hall–Kier alpha value is -1.38. The van der Waals surface area contributed by atoms with Gasteiger partial charge in [0, 0.05) is 50.7 Å². The largest absolute Gasteiger partial charge is 0.444 e. The van der Waals surface area contributed by atoms with Gasteiger partial charge < -0.3 is 24.8 Å². The van der Waals surface area contributed by atoms with Gasteiger partial charge in [0.1, 0.15) is 5.60 Å². The van der Waals surface area contributed by atoms with Crippen LogP contribution in [0, 0.1) is 5.41 Å². The van der Waals surface area contributed by atoms with E-state index in [2.05, 4.69) is 10.2 Å². The van der Waals surface area contributed by atoms with Crippen LogP contribution < -0.4 is 5.32 Å². The van der Waals surface area contributed by atoms with Crippen LogP contribution >= 0.6 is 0 Å². The Balaban J connectivity index is 2.01. The number of likely N-dealkylation sites (tertiary alicyclic amines) is 2. The lowest BCUT2D eigenvalue weighted by Crippen LogP contribution is -2.57. The minimum Gasteiger partial charge on any atom is -0.444 e. The molecular formula is C22H41N3O5. The summed E-state index contributed by atoms with van der Waals surface area (Å²) in [6.45, 7) is 13.3. The number of hydrogen-bond acceptors (Lipinski definition) is 6. The second-order valence-corrected chi connectivity index (χ2v) is 9.57. The van der Waals surface area contributed by atoms with Gasteiger partial charge in [-0.2, -0.15) is 0 Å². The van der Waals surface area contributed by atoms with Crippen LogP contribution in [0.5, 0.6) is 0 Å². The highest BCUT2D eigenvalue weighted by atomic mass is 16.6. The first-order chi connectivity index (χ1) is 14.1. The van der Waals surface area contributed by atoms with Crippen LogP contribution in [-0.2, 0) is 14.3 Å². The maximum atomic E-state index is 12.4. The number of aliphatic hydroxyl groups excluding tert-OH is 1. The quantitative estimate of drug-likeness (QED) is 0.606. The topological polar surface area (TPSA) is 91.3 Å². The van der Waals surface area contributed by atoms with E-state index in [4.69, 9.17) is 9.47 Å². The number of ether oxygens (including phenoxy) is 2. The van der Waals surface area contributed by atoms with E-state index in [1.807, 2.05) is 34.6 Å². The Morgan fingerprint density at radius 2 is 1.87 bits per heavy atom. The zero-order chi connectivity index (χ0) is 22.4. The Morgan fingerprint density at radius 1 is 1.20 bits per heavy atom. The van der Waals surface area contributed by atoms with Crippen molar-refractivity contribution >= 4 is 12.0 Å². The summed E-state index contributed by atoms with van der Waals surface area (Å²) in [4.78, 5) is 28.9. The molecule has 30 heavy (non-hydrogen) atoms. The number of amides is 2. The van der Waals surface area contributed by atoms with E-state index in [0.29, 0.717) is 38.8 Å². The first-order valence-electron chi connectivity index (χ1n) is 11.4. The van der Waals surface area contributed by atoms with Crippen molar-refractivity contribution in [3.05, 3.63) is 0 Å². The average Bonchev–Trinajstić information content (AvgIpc) is 2.67. The molecule has 2 unspecified atom stereocenters. The van der Waals surface area contributed by atoms with Crippen LogP contribution in [0.2, 0.25) is 0 Å². The minimum absolute atomic E-state index is 0.0437. The van der Waals surface area contributed by atoms with Gasteiger partial charge in [-0.25, -0.2) is 4.79 Å². The fourth-order valence-electron chi connectivity index (χ4n) is 4.60. The number of piperidine rings is 2. The minimum atomic E-state index is -0.963. The van der Waals surface area contributed by atoms with E-state index in [9.17, 15) is 14.7 Å². The highest BCUT2D eigenvalue weighted by Gasteiger charge is 2.45. The summed E-state index contributed by atoms with van der Waals surface area (Å²) in [5, 5.41) is 13.6. The van der Waals surface area contributed by atoms with E-state index in [-0.39, 0.29) is 18.4 Å². The van der Waals surface area contributed by atoms with Crippen LogP contribution in [0.3, 0.4) is 0 Å². The maximum absolute atomic E-state index is 12.4. The van der Waals surface area contributed by atoms with Crippen LogP contribution in [0.25, 0.3) is 0 Å². The molecule has 0 radical (unpaired) electrons. The number of nitrogens with zero attached hydrogens (tertiary/aromatic N) is 2. The van der Waals surface area contributed by atoms with Crippen molar-refractivity contribution in [1.29, 1.82) is 0 Å². The molecule has 0 aromatic rings. The third-order valence-corrected chi connectivity index (χ3v) is 6.01. The first-order valence-corrected chi connectivity index (χ1v) is 11.4. The van der Waals surface area contributed by atoms with Gasteiger partial charge in [-0.1, -0.05) is 0 Å². The molecule has 2 atom stereocenters. The van der Waals surface area contributed by atoms with Gasteiger partial charge in [0.05, 0.1) is 0 Å². The molecule has 2 amide bonds. The Morgan fingerprint density at radius 3 is 2.43 bits per heavy atom. The maximum Gasteiger partial charge on any atom is 0.410 e. The standard InChI is InChI=1S/C22H41N3O5/c1-6-23-18(26)15-22(19(27)29-7-2)11-8-12-25(16-22)17-9-13-24(14-10-17)20(28)30-21(3,4)5/h17,19,27H,6-16H2,1-5H3,(H,23,26). The monoisotopic (exact) mass is 427 g/mol. The van der Waals surface area contributed by atoms with Crippen molar-refractivity contribution in [3.63, 3.8) is 0 Å². The molecule has 2 aliphatic heterocycles. The molecule has 0 aliphatic carbocycles. The summed E-state index contributed by atoms with van der Waals surface area (Å²) in [6.07, 6.45) is 2.44. The fourth-order valence-corrected chi connectivity index (χ4v) is 4.60. The number of carbonyl (C=O) groups excluding carboxylic acids is 2. The highest BCUT2D eigenvalue weighted by Crippen LogP contribution is 2.39. The second-order valence-electron chi connectivity index (χ2n) is 9.57. The normalized spacial score (nSPS) is 25.1. The van der Waals surface area contributed by atoms with Crippen molar-refractivity contribution in [2.45, 2.75) is 84.7 Å². The van der Waals surface area contributed by atoms with Crippen molar-refractivity contribution in [2.24, 2.45) is 5.41 Å². The zero-order valence-corrected chi connectivity index (χ0v) is 19.4. The molecule has 2 rings (SSSR count). The zero-order valence-electron chi connectivity index (χ0n) is 19.4. The Labute approximate surface area is 181 Å². The third-order valence-electron chi connectivity index (χ3n) is 6.01. The number of rotatable bonds is 7. The van der Waals surface area contributed by atoms with Crippen LogP contribution in [-0.4, -0.2) is 84.2 Å². The molecule has 0 bridgehead atoms. The summed E-state index contributed by atoms with van der Waals surface area (Å²) < 4.78 is 11.1. The lowest BCUT2D eigenvalue weighted by molar-refractivity contribution is -0.196. The van der Waals surface area contributed by atoms with Gasteiger partial charge in [0.2, 0.25) is 5.91 Å². The molecule has 2 aliphatic rings. The molecule has 0 aromatic carbocycles. The van der Waals surface area contributed by atoms with Crippen LogP contribution in [0.4, 0.5) is 4.79 Å². The van der Waals surface area contributed by atoms with Gasteiger partial charge in [-0.15, -0.1) is 0 Å². The first kappa shape index (κ1) is 24.9. The van der Waals surface area contributed by atoms with Crippen LogP contribution in [0.15, 0.2) is 0 Å². The molecule has 0 spiro atoms. The molecular weight excluding hydrogens is 386 g/mol. The van der Waals surface area contributed by atoms with Gasteiger partial charge in [0.25, 0.3) is 0 Å². The molecule has 2 fully saturated rings. The predicted octanol–water partition coefficient (Wildman–Crippen LogP) is 2.35. The second kappa shape index (κ2) is 10.8. The molecule has 2 saturated heterocycles. The Kier molecular flexibility index (Phi) is 8.94. The lowest BCUT2D eigenvalue weighted by atomic mass is 9.75. The van der Waals surface area contributed by atoms with E-state index in [1.54, 1.807) is 4.90 Å².